The van der Waals surface area contributed by atoms with Crippen molar-refractivity contribution in [2.45, 2.75) is 19.8 Å². The maximum Gasteiger partial charge on any atom is 0.176 e. The number of anilines is 1. The van der Waals surface area contributed by atoms with E-state index in [9.17, 15) is 5.26 Å². The number of benzene rings is 1. The number of halogens is 2. The third-order valence-corrected chi connectivity index (χ3v) is 5.85. The Morgan fingerprint density at radius 1 is 1.29 bits per heavy atom. The van der Waals surface area contributed by atoms with E-state index in [-0.39, 0.29) is 0 Å². The molecule has 3 heterocycles. The molecule has 3 aromatic rings. The highest BCUT2D eigenvalue weighted by Crippen LogP contribution is 2.41. The van der Waals surface area contributed by atoms with Crippen LogP contribution in [0.15, 0.2) is 37.1 Å². The Balaban J connectivity index is 1.97. The molecule has 0 unspecified atom stereocenters. The smallest absolute Gasteiger partial charge is 0.176 e. The first-order valence-corrected chi connectivity index (χ1v) is 9.90. The van der Waals surface area contributed by atoms with Crippen molar-refractivity contribution in [3.8, 4) is 17.2 Å². The van der Waals surface area contributed by atoms with Gasteiger partial charge in [-0.1, -0.05) is 41.4 Å². The molecule has 1 aromatic carbocycles. The lowest BCUT2D eigenvalue weighted by atomic mass is 9.96. The number of hydrogen-bond donors (Lipinski definition) is 0. The molecule has 0 spiro atoms. The third-order valence-electron chi connectivity index (χ3n) is 5.27. The average molecular weight is 412 g/mol. The molecule has 0 radical (unpaired) electrons. The summed E-state index contributed by atoms with van der Waals surface area (Å²) in [5.74, 6) is 1.33. The lowest BCUT2D eigenvalue weighted by Gasteiger charge is -2.34. The number of allylic oxidation sites excluding steroid dienone is 1. The standard InChI is InChI=1S/C21H19Cl2N5/c1-3-14-6-8-27(9-7-14)21-18(16-5-4-13(2)10-17(16)22)19(23)26-20-15(11-24)12-25-28(20)21/h3-5,10,12,14H,1,6-9H2,2H3. The van der Waals surface area contributed by atoms with Gasteiger partial charge in [0.25, 0.3) is 0 Å². The highest BCUT2D eigenvalue weighted by molar-refractivity contribution is 6.36. The average Bonchev–Trinajstić information content (AvgIpc) is 3.10. The first kappa shape index (κ1) is 18.8. The third kappa shape index (κ3) is 3.13. The molecule has 0 amide bonds. The summed E-state index contributed by atoms with van der Waals surface area (Å²) in [6, 6.07) is 8.01. The van der Waals surface area contributed by atoms with E-state index in [2.05, 4.69) is 27.6 Å². The van der Waals surface area contributed by atoms with Crippen LogP contribution in [0.1, 0.15) is 24.0 Å². The Kier molecular flexibility index (Phi) is 5.01. The molecule has 0 bridgehead atoms. The van der Waals surface area contributed by atoms with Crippen molar-refractivity contribution in [3.63, 3.8) is 0 Å². The number of aryl methyl sites for hydroxylation is 1. The Morgan fingerprint density at radius 3 is 2.68 bits per heavy atom. The van der Waals surface area contributed by atoms with E-state index in [0.717, 1.165) is 48.4 Å². The Bertz CT molecular complexity index is 1100. The highest BCUT2D eigenvalue weighted by Gasteiger charge is 2.27. The molecule has 4 rings (SSSR count). The topological polar surface area (TPSA) is 57.2 Å². The quantitative estimate of drug-likeness (QED) is 0.434. The maximum atomic E-state index is 9.41. The molecule has 142 valence electrons. The first-order valence-electron chi connectivity index (χ1n) is 9.15. The van der Waals surface area contributed by atoms with Gasteiger partial charge in [0, 0.05) is 23.7 Å². The van der Waals surface area contributed by atoms with Crippen molar-refractivity contribution < 1.29 is 0 Å². The second-order valence-electron chi connectivity index (χ2n) is 7.05. The zero-order chi connectivity index (χ0) is 19.8. The van der Waals surface area contributed by atoms with Crippen LogP contribution in [-0.4, -0.2) is 27.7 Å². The summed E-state index contributed by atoms with van der Waals surface area (Å²) in [4.78, 5) is 6.73. The zero-order valence-corrected chi connectivity index (χ0v) is 17.0. The van der Waals surface area contributed by atoms with Crippen molar-refractivity contribution in [3.05, 3.63) is 58.4 Å². The Morgan fingerprint density at radius 2 is 2.04 bits per heavy atom. The van der Waals surface area contributed by atoms with Crippen LogP contribution >= 0.6 is 23.2 Å². The summed E-state index contributed by atoms with van der Waals surface area (Å²) < 4.78 is 1.71. The number of fused-ring (bicyclic) bond motifs is 1. The van der Waals surface area contributed by atoms with Crippen molar-refractivity contribution in [2.24, 2.45) is 5.92 Å². The number of nitrogens with zero attached hydrogens (tertiary/aromatic N) is 5. The zero-order valence-electron chi connectivity index (χ0n) is 15.5. The van der Waals surface area contributed by atoms with Gasteiger partial charge >= 0.3 is 0 Å². The molecule has 0 aliphatic carbocycles. The Hall–Kier alpha value is -2.55. The fraction of sp³-hybridized carbons (Fsp3) is 0.286. The predicted octanol–water partition coefficient (Wildman–Crippen LogP) is 5.29. The molecule has 0 N–H and O–H groups in total. The van der Waals surface area contributed by atoms with Gasteiger partial charge in [0.05, 0.1) is 11.8 Å². The van der Waals surface area contributed by atoms with Gasteiger partial charge in [0.1, 0.15) is 22.6 Å². The van der Waals surface area contributed by atoms with Crippen molar-refractivity contribution >= 4 is 34.7 Å². The van der Waals surface area contributed by atoms with Crippen LogP contribution in [0, 0.1) is 24.2 Å². The Labute approximate surface area is 173 Å². The lowest BCUT2D eigenvalue weighted by molar-refractivity contribution is 0.475. The fourth-order valence-corrected chi connectivity index (χ4v) is 4.32. The van der Waals surface area contributed by atoms with Gasteiger partial charge in [0.15, 0.2) is 5.65 Å². The second-order valence-corrected chi connectivity index (χ2v) is 7.82. The minimum atomic E-state index is 0.316. The van der Waals surface area contributed by atoms with Gasteiger partial charge < -0.3 is 4.90 Å². The van der Waals surface area contributed by atoms with Crippen LogP contribution in [0.3, 0.4) is 0 Å². The minimum absolute atomic E-state index is 0.316. The van der Waals surface area contributed by atoms with E-state index in [1.165, 1.54) is 6.20 Å². The summed E-state index contributed by atoms with van der Waals surface area (Å²) in [5.41, 5.74) is 3.47. The molecule has 0 atom stereocenters. The second kappa shape index (κ2) is 7.46. The van der Waals surface area contributed by atoms with Crippen LogP contribution in [0.4, 0.5) is 5.82 Å². The van der Waals surface area contributed by atoms with Crippen molar-refractivity contribution in [2.75, 3.05) is 18.0 Å². The first-order chi connectivity index (χ1) is 13.5. The molecular formula is C21H19Cl2N5. The highest BCUT2D eigenvalue weighted by atomic mass is 35.5. The molecule has 1 fully saturated rings. The van der Waals surface area contributed by atoms with Crippen LogP contribution in [-0.2, 0) is 0 Å². The lowest BCUT2D eigenvalue weighted by Crippen LogP contribution is -2.35. The SMILES string of the molecule is C=CC1CCN(c2c(-c3ccc(C)cc3Cl)c(Cl)nc3c(C#N)cnn23)CC1. The van der Waals surface area contributed by atoms with Gasteiger partial charge in [-0.2, -0.15) is 14.9 Å². The van der Waals surface area contributed by atoms with Crippen LogP contribution in [0.2, 0.25) is 10.2 Å². The van der Waals surface area contributed by atoms with E-state index in [1.54, 1.807) is 4.52 Å². The fourth-order valence-electron chi connectivity index (χ4n) is 3.72. The molecule has 28 heavy (non-hydrogen) atoms. The summed E-state index contributed by atoms with van der Waals surface area (Å²) in [5, 5.41) is 14.8. The number of nitriles is 1. The normalized spacial score (nSPS) is 15.0. The van der Waals surface area contributed by atoms with E-state index in [0.29, 0.717) is 27.3 Å². The molecule has 1 aliphatic heterocycles. The van der Waals surface area contributed by atoms with Gasteiger partial charge in [0.2, 0.25) is 0 Å². The van der Waals surface area contributed by atoms with E-state index in [1.807, 2.05) is 31.2 Å². The molecule has 7 heteroatoms. The minimum Gasteiger partial charge on any atom is -0.356 e. The van der Waals surface area contributed by atoms with Crippen LogP contribution in [0.5, 0.6) is 0 Å². The number of rotatable bonds is 3. The maximum absolute atomic E-state index is 9.41. The monoisotopic (exact) mass is 411 g/mol. The summed E-state index contributed by atoms with van der Waals surface area (Å²) in [6.45, 7) is 7.59. The van der Waals surface area contributed by atoms with Crippen LogP contribution in [0.25, 0.3) is 16.8 Å². The predicted molar refractivity (Wildman–Crippen MR) is 113 cm³/mol. The van der Waals surface area contributed by atoms with Crippen molar-refractivity contribution in [1.82, 2.24) is 14.6 Å². The largest absolute Gasteiger partial charge is 0.356 e. The summed E-state index contributed by atoms with van der Waals surface area (Å²) in [6.07, 6.45) is 5.54. The molecule has 1 aliphatic rings. The number of hydrogen-bond acceptors (Lipinski definition) is 4. The van der Waals surface area contributed by atoms with E-state index >= 15 is 0 Å². The molecular weight excluding hydrogens is 393 g/mol. The van der Waals surface area contributed by atoms with E-state index < -0.39 is 0 Å². The van der Waals surface area contributed by atoms with Gasteiger partial charge in [-0.05, 0) is 37.3 Å². The number of aromatic nitrogens is 3. The van der Waals surface area contributed by atoms with Crippen molar-refractivity contribution in [1.29, 1.82) is 5.26 Å². The van der Waals surface area contributed by atoms with Gasteiger partial charge in [-0.25, -0.2) is 4.98 Å². The molecule has 1 saturated heterocycles. The summed E-state index contributed by atoms with van der Waals surface area (Å²) in [7, 11) is 0. The molecule has 2 aromatic heterocycles. The number of piperidine rings is 1. The molecule has 0 saturated carbocycles. The molecule has 5 nitrogen and oxygen atoms in total. The summed E-state index contributed by atoms with van der Waals surface area (Å²) >= 11 is 13.2. The van der Waals surface area contributed by atoms with Gasteiger partial charge in [-0.15, -0.1) is 6.58 Å². The van der Waals surface area contributed by atoms with Gasteiger partial charge in [-0.3, -0.25) is 0 Å². The van der Waals surface area contributed by atoms with E-state index in [4.69, 9.17) is 23.2 Å². The van der Waals surface area contributed by atoms with Crippen LogP contribution < -0.4 is 4.90 Å².